The summed E-state index contributed by atoms with van der Waals surface area (Å²) in [6, 6.07) is 13.7. The molecule has 0 spiro atoms. The topological polar surface area (TPSA) is 78.9 Å². The van der Waals surface area contributed by atoms with E-state index in [1.807, 2.05) is 24.3 Å². The average Bonchev–Trinajstić information content (AvgIpc) is 2.93. The summed E-state index contributed by atoms with van der Waals surface area (Å²) in [6.45, 7) is 0.179. The highest BCUT2D eigenvalue weighted by Crippen LogP contribution is 2.34. The molecule has 1 aliphatic rings. The van der Waals surface area contributed by atoms with Crippen LogP contribution in [0.3, 0.4) is 0 Å². The second kappa shape index (κ2) is 8.90. The second-order valence-corrected chi connectivity index (χ2v) is 7.60. The SMILES string of the molecule is COc1ccccc1/C=C1/SC(=S)N(CCC(=O)Nc2cccc(O)c2)C1=O. The second-order valence-electron chi connectivity index (χ2n) is 5.92. The van der Waals surface area contributed by atoms with Crippen LogP contribution in [0.4, 0.5) is 5.69 Å². The van der Waals surface area contributed by atoms with Crippen LogP contribution in [0.15, 0.2) is 53.4 Å². The molecule has 2 aromatic carbocycles. The number of thioether (sulfide) groups is 1. The van der Waals surface area contributed by atoms with E-state index in [4.69, 9.17) is 17.0 Å². The highest BCUT2D eigenvalue weighted by molar-refractivity contribution is 8.26. The number of aromatic hydroxyl groups is 1. The van der Waals surface area contributed by atoms with Crippen molar-refractivity contribution in [2.45, 2.75) is 6.42 Å². The molecule has 0 aromatic heterocycles. The summed E-state index contributed by atoms with van der Waals surface area (Å²) < 4.78 is 5.72. The van der Waals surface area contributed by atoms with Crippen molar-refractivity contribution in [1.82, 2.24) is 4.90 Å². The normalized spacial score (nSPS) is 15.2. The Balaban J connectivity index is 1.64. The van der Waals surface area contributed by atoms with Crippen molar-refractivity contribution < 1.29 is 19.4 Å². The van der Waals surface area contributed by atoms with E-state index in [1.165, 1.54) is 28.8 Å². The number of hydrogen-bond donors (Lipinski definition) is 2. The lowest BCUT2D eigenvalue weighted by Gasteiger charge is -2.14. The molecule has 0 unspecified atom stereocenters. The molecule has 0 radical (unpaired) electrons. The number of benzene rings is 2. The number of amides is 2. The largest absolute Gasteiger partial charge is 0.508 e. The molecule has 144 valence electrons. The molecule has 2 aromatic rings. The fourth-order valence-electron chi connectivity index (χ4n) is 2.64. The van der Waals surface area contributed by atoms with E-state index in [9.17, 15) is 14.7 Å². The lowest BCUT2D eigenvalue weighted by molar-refractivity contribution is -0.122. The number of anilines is 1. The van der Waals surface area contributed by atoms with Gasteiger partial charge in [-0.05, 0) is 24.3 Å². The fraction of sp³-hybridized carbons (Fsp3) is 0.150. The molecule has 8 heteroatoms. The molecule has 2 N–H and O–H groups in total. The van der Waals surface area contributed by atoms with Crippen LogP contribution in [0.1, 0.15) is 12.0 Å². The maximum atomic E-state index is 12.7. The van der Waals surface area contributed by atoms with Gasteiger partial charge in [-0.2, -0.15) is 0 Å². The summed E-state index contributed by atoms with van der Waals surface area (Å²) in [5, 5.41) is 12.1. The molecule has 1 heterocycles. The standard InChI is InChI=1S/C20H18N2O4S2/c1-26-16-8-3-2-5-13(16)11-17-19(25)22(20(27)28-17)10-9-18(24)21-14-6-4-7-15(23)12-14/h2-8,11-12,23H,9-10H2,1H3,(H,21,24)/b17-11+. The first-order valence-electron chi connectivity index (χ1n) is 8.45. The third kappa shape index (κ3) is 4.71. The van der Waals surface area contributed by atoms with Crippen LogP contribution in [0.25, 0.3) is 6.08 Å². The Bertz CT molecular complexity index is 959. The summed E-state index contributed by atoms with van der Waals surface area (Å²) in [5.74, 6) is 0.230. The maximum absolute atomic E-state index is 12.7. The number of para-hydroxylation sites is 1. The minimum absolute atomic E-state index is 0.0659. The highest BCUT2D eigenvalue weighted by Gasteiger charge is 2.32. The Morgan fingerprint density at radius 1 is 1.29 bits per heavy atom. The van der Waals surface area contributed by atoms with Crippen molar-refractivity contribution in [1.29, 1.82) is 0 Å². The van der Waals surface area contributed by atoms with Crippen LogP contribution in [0.5, 0.6) is 11.5 Å². The van der Waals surface area contributed by atoms with E-state index in [1.54, 1.807) is 25.3 Å². The summed E-state index contributed by atoms with van der Waals surface area (Å²) in [4.78, 5) is 26.7. The first-order chi connectivity index (χ1) is 13.5. The number of carbonyl (C=O) groups is 2. The van der Waals surface area contributed by atoms with Crippen LogP contribution in [-0.2, 0) is 9.59 Å². The molecule has 1 fully saturated rings. The molecule has 28 heavy (non-hydrogen) atoms. The number of methoxy groups -OCH3 is 1. The lowest BCUT2D eigenvalue weighted by atomic mass is 10.2. The average molecular weight is 415 g/mol. The Morgan fingerprint density at radius 3 is 2.82 bits per heavy atom. The Kier molecular flexibility index (Phi) is 6.33. The number of ether oxygens (including phenoxy) is 1. The van der Waals surface area contributed by atoms with Gasteiger partial charge in [-0.1, -0.05) is 48.2 Å². The van der Waals surface area contributed by atoms with Gasteiger partial charge in [-0.3, -0.25) is 14.5 Å². The van der Waals surface area contributed by atoms with E-state index >= 15 is 0 Å². The summed E-state index contributed by atoms with van der Waals surface area (Å²) >= 11 is 6.50. The smallest absolute Gasteiger partial charge is 0.266 e. The highest BCUT2D eigenvalue weighted by atomic mass is 32.2. The zero-order valence-corrected chi connectivity index (χ0v) is 16.7. The van der Waals surface area contributed by atoms with Gasteiger partial charge in [-0.15, -0.1) is 0 Å². The van der Waals surface area contributed by atoms with Crippen molar-refractivity contribution in [3.05, 3.63) is 59.0 Å². The van der Waals surface area contributed by atoms with E-state index in [0.29, 0.717) is 20.7 Å². The number of phenols is 1. The van der Waals surface area contributed by atoms with Crippen molar-refractivity contribution in [2.24, 2.45) is 0 Å². The van der Waals surface area contributed by atoms with Crippen LogP contribution >= 0.6 is 24.0 Å². The number of hydrogen-bond acceptors (Lipinski definition) is 6. The first-order valence-corrected chi connectivity index (χ1v) is 9.67. The van der Waals surface area contributed by atoms with Crippen LogP contribution < -0.4 is 10.1 Å². The molecule has 0 saturated carbocycles. The van der Waals surface area contributed by atoms with Crippen LogP contribution in [0.2, 0.25) is 0 Å². The number of nitrogens with one attached hydrogen (secondary N) is 1. The van der Waals surface area contributed by atoms with Crippen LogP contribution in [0, 0.1) is 0 Å². The number of rotatable bonds is 6. The monoisotopic (exact) mass is 414 g/mol. The predicted octanol–water partition coefficient (Wildman–Crippen LogP) is 3.63. The van der Waals surface area contributed by atoms with Gasteiger partial charge < -0.3 is 15.2 Å². The zero-order valence-electron chi connectivity index (χ0n) is 15.0. The van der Waals surface area contributed by atoms with E-state index in [0.717, 1.165) is 5.56 Å². The molecule has 1 saturated heterocycles. The molecule has 1 aliphatic heterocycles. The number of thiocarbonyl (C=S) groups is 1. The fourth-order valence-corrected chi connectivity index (χ4v) is 3.94. The maximum Gasteiger partial charge on any atom is 0.266 e. The molecule has 3 rings (SSSR count). The first kappa shape index (κ1) is 19.9. The minimum Gasteiger partial charge on any atom is -0.508 e. The third-order valence-corrected chi connectivity index (χ3v) is 5.37. The molecule has 0 aliphatic carbocycles. The van der Waals surface area contributed by atoms with Crippen LogP contribution in [-0.4, -0.2) is 39.8 Å². The zero-order chi connectivity index (χ0) is 20.1. The molecular formula is C20H18N2O4S2. The van der Waals surface area contributed by atoms with E-state index < -0.39 is 0 Å². The van der Waals surface area contributed by atoms with E-state index in [2.05, 4.69) is 5.32 Å². The molecule has 2 amide bonds. The van der Waals surface area contributed by atoms with Gasteiger partial charge in [0.25, 0.3) is 5.91 Å². The number of phenolic OH excluding ortho intramolecular Hbond substituents is 1. The van der Waals surface area contributed by atoms with E-state index in [-0.39, 0.29) is 30.5 Å². The number of nitrogens with zero attached hydrogens (tertiary/aromatic N) is 1. The van der Waals surface area contributed by atoms with Gasteiger partial charge in [0, 0.05) is 30.3 Å². The third-order valence-electron chi connectivity index (χ3n) is 3.99. The Labute approximate surface area is 172 Å². The van der Waals surface area contributed by atoms with Crippen molar-refractivity contribution >= 4 is 51.9 Å². The predicted molar refractivity (Wildman–Crippen MR) is 114 cm³/mol. The van der Waals surface area contributed by atoms with Gasteiger partial charge in [0.2, 0.25) is 5.91 Å². The Morgan fingerprint density at radius 2 is 2.07 bits per heavy atom. The van der Waals surface area contributed by atoms with Gasteiger partial charge in [0.1, 0.15) is 15.8 Å². The van der Waals surface area contributed by atoms with Gasteiger partial charge in [0.05, 0.1) is 12.0 Å². The quantitative estimate of drug-likeness (QED) is 0.555. The number of carbonyl (C=O) groups excluding carboxylic acids is 2. The van der Waals surface area contributed by atoms with Crippen molar-refractivity contribution in [2.75, 3.05) is 19.0 Å². The summed E-state index contributed by atoms with van der Waals surface area (Å²) in [7, 11) is 1.57. The summed E-state index contributed by atoms with van der Waals surface area (Å²) in [6.07, 6.45) is 1.83. The molecule has 0 bridgehead atoms. The minimum atomic E-state index is -0.270. The lowest BCUT2D eigenvalue weighted by Crippen LogP contribution is -2.31. The van der Waals surface area contributed by atoms with Crippen molar-refractivity contribution in [3.63, 3.8) is 0 Å². The molecule has 0 atom stereocenters. The Hall–Kier alpha value is -2.84. The summed E-state index contributed by atoms with van der Waals surface area (Å²) in [5.41, 5.74) is 1.28. The molecule has 6 nitrogen and oxygen atoms in total. The van der Waals surface area contributed by atoms with Gasteiger partial charge in [-0.25, -0.2) is 0 Å². The van der Waals surface area contributed by atoms with Gasteiger partial charge >= 0.3 is 0 Å². The van der Waals surface area contributed by atoms with Crippen molar-refractivity contribution in [3.8, 4) is 11.5 Å². The van der Waals surface area contributed by atoms with Gasteiger partial charge in [0.15, 0.2) is 0 Å². The molecular weight excluding hydrogens is 396 g/mol.